The summed E-state index contributed by atoms with van der Waals surface area (Å²) in [5.74, 6) is -0.0156. The van der Waals surface area contributed by atoms with Gasteiger partial charge in [0.05, 0.1) is 0 Å². The number of rotatable bonds is 1. The molecule has 1 aliphatic rings. The van der Waals surface area contributed by atoms with E-state index in [-0.39, 0.29) is 5.91 Å². The van der Waals surface area contributed by atoms with Gasteiger partial charge in [-0.15, -0.1) is 0 Å². The van der Waals surface area contributed by atoms with Crippen molar-refractivity contribution in [1.29, 1.82) is 0 Å². The van der Waals surface area contributed by atoms with Crippen molar-refractivity contribution >= 4 is 23.2 Å². The van der Waals surface area contributed by atoms with E-state index in [1.54, 1.807) is 0 Å². The van der Waals surface area contributed by atoms with Gasteiger partial charge in [0.2, 0.25) is 5.91 Å². The first-order valence-corrected chi connectivity index (χ1v) is 9.42. The van der Waals surface area contributed by atoms with E-state index in [0.29, 0.717) is 11.2 Å². The second kappa shape index (κ2) is 10.2. The van der Waals surface area contributed by atoms with E-state index in [1.807, 2.05) is 20.8 Å². The number of thiocarbonyl (C=S) groups is 1. The van der Waals surface area contributed by atoms with Crippen LogP contribution in [-0.4, -0.2) is 17.1 Å². The summed E-state index contributed by atoms with van der Waals surface area (Å²) in [6, 6.07) is 0.409. The first-order chi connectivity index (χ1) is 10.4. The standard InChI is InChI=1S/C18H34N2OS/c1-18(2,3)16(21)20-17(22)19-15-13-11-9-7-5-4-6-8-10-12-14-15/h15H,4-14H2,1-3H3,(H2,19,20,21,22). The number of carbonyl (C=O) groups is 1. The Morgan fingerprint density at radius 3 is 1.68 bits per heavy atom. The van der Waals surface area contributed by atoms with Gasteiger partial charge in [0.15, 0.2) is 5.11 Å². The lowest BCUT2D eigenvalue weighted by Gasteiger charge is -2.23. The first-order valence-electron chi connectivity index (χ1n) is 9.01. The van der Waals surface area contributed by atoms with E-state index in [9.17, 15) is 4.79 Å². The van der Waals surface area contributed by atoms with Crippen LogP contribution in [0, 0.1) is 5.41 Å². The van der Waals surface area contributed by atoms with E-state index in [1.165, 1.54) is 57.8 Å². The van der Waals surface area contributed by atoms with Crippen molar-refractivity contribution < 1.29 is 4.79 Å². The lowest BCUT2D eigenvalue weighted by molar-refractivity contribution is -0.126. The van der Waals surface area contributed by atoms with Crippen LogP contribution in [0.25, 0.3) is 0 Å². The Balaban J connectivity index is 2.41. The van der Waals surface area contributed by atoms with E-state index in [0.717, 1.165) is 12.8 Å². The molecule has 0 aromatic carbocycles. The molecule has 0 radical (unpaired) electrons. The molecule has 1 amide bonds. The molecule has 0 aromatic heterocycles. The van der Waals surface area contributed by atoms with Crippen LogP contribution in [0.2, 0.25) is 0 Å². The molecule has 128 valence electrons. The molecule has 1 rings (SSSR count). The minimum absolute atomic E-state index is 0.0156. The summed E-state index contributed by atoms with van der Waals surface area (Å²) in [5.41, 5.74) is -0.405. The molecule has 2 N–H and O–H groups in total. The summed E-state index contributed by atoms with van der Waals surface area (Å²) in [7, 11) is 0. The largest absolute Gasteiger partial charge is 0.360 e. The quantitative estimate of drug-likeness (QED) is 0.686. The molecule has 22 heavy (non-hydrogen) atoms. The Labute approximate surface area is 142 Å². The lowest BCUT2D eigenvalue weighted by Crippen LogP contribution is -2.47. The predicted molar refractivity (Wildman–Crippen MR) is 97.9 cm³/mol. The highest BCUT2D eigenvalue weighted by atomic mass is 32.1. The van der Waals surface area contributed by atoms with E-state index in [2.05, 4.69) is 10.6 Å². The molecule has 1 saturated carbocycles. The van der Waals surface area contributed by atoms with Gasteiger partial charge < -0.3 is 10.6 Å². The Hall–Kier alpha value is -0.640. The van der Waals surface area contributed by atoms with Crippen molar-refractivity contribution in [3.63, 3.8) is 0 Å². The highest BCUT2D eigenvalue weighted by Crippen LogP contribution is 2.17. The molecule has 0 bridgehead atoms. The van der Waals surface area contributed by atoms with Crippen LogP contribution < -0.4 is 10.6 Å². The third-order valence-electron chi connectivity index (χ3n) is 4.35. The smallest absolute Gasteiger partial charge is 0.231 e. The molecule has 4 heteroatoms. The van der Waals surface area contributed by atoms with Crippen LogP contribution in [-0.2, 0) is 4.79 Å². The van der Waals surface area contributed by atoms with Crippen molar-refractivity contribution in [2.75, 3.05) is 0 Å². The van der Waals surface area contributed by atoms with Crippen LogP contribution in [0.3, 0.4) is 0 Å². The Kier molecular flexibility index (Phi) is 8.99. The summed E-state index contributed by atoms with van der Waals surface area (Å²) < 4.78 is 0. The fourth-order valence-electron chi connectivity index (χ4n) is 2.82. The molecule has 0 spiro atoms. The van der Waals surface area contributed by atoms with Crippen molar-refractivity contribution in [3.05, 3.63) is 0 Å². The minimum atomic E-state index is -0.405. The summed E-state index contributed by atoms with van der Waals surface area (Å²) in [6.45, 7) is 5.71. The molecule has 0 aromatic rings. The molecule has 0 aliphatic heterocycles. The number of amides is 1. The summed E-state index contributed by atoms with van der Waals surface area (Å²) >= 11 is 5.32. The zero-order valence-corrected chi connectivity index (χ0v) is 15.5. The van der Waals surface area contributed by atoms with Crippen molar-refractivity contribution in [2.24, 2.45) is 5.41 Å². The van der Waals surface area contributed by atoms with Crippen molar-refractivity contribution in [1.82, 2.24) is 10.6 Å². The van der Waals surface area contributed by atoms with Crippen molar-refractivity contribution in [2.45, 2.75) is 97.4 Å². The van der Waals surface area contributed by atoms with E-state index >= 15 is 0 Å². The number of nitrogens with one attached hydrogen (secondary N) is 2. The van der Waals surface area contributed by atoms with Gasteiger partial charge in [-0.3, -0.25) is 4.79 Å². The fraction of sp³-hybridized carbons (Fsp3) is 0.889. The number of hydrogen-bond donors (Lipinski definition) is 2. The van der Waals surface area contributed by atoms with Crippen LogP contribution in [0.15, 0.2) is 0 Å². The summed E-state index contributed by atoms with van der Waals surface area (Å²) in [4.78, 5) is 12.0. The maximum Gasteiger partial charge on any atom is 0.231 e. The maximum absolute atomic E-state index is 12.0. The highest BCUT2D eigenvalue weighted by Gasteiger charge is 2.22. The third-order valence-corrected chi connectivity index (χ3v) is 4.57. The second-order valence-electron chi connectivity index (χ2n) is 7.63. The molecule has 0 unspecified atom stereocenters. The molecule has 0 atom stereocenters. The van der Waals surface area contributed by atoms with Gasteiger partial charge in [-0.1, -0.05) is 78.6 Å². The van der Waals surface area contributed by atoms with Crippen LogP contribution in [0.1, 0.15) is 91.4 Å². The Morgan fingerprint density at radius 1 is 0.864 bits per heavy atom. The highest BCUT2D eigenvalue weighted by molar-refractivity contribution is 7.80. The normalized spacial score (nSPS) is 19.6. The summed E-state index contributed by atoms with van der Waals surface area (Å²) in [6.07, 6.45) is 14.4. The monoisotopic (exact) mass is 326 g/mol. The average molecular weight is 327 g/mol. The van der Waals surface area contributed by atoms with Crippen LogP contribution in [0.4, 0.5) is 0 Å². The van der Waals surface area contributed by atoms with Gasteiger partial charge in [-0.05, 0) is 25.1 Å². The zero-order chi connectivity index (χ0) is 16.4. The fourth-order valence-corrected chi connectivity index (χ4v) is 3.08. The summed E-state index contributed by atoms with van der Waals surface area (Å²) in [5, 5.41) is 6.71. The minimum Gasteiger partial charge on any atom is -0.360 e. The third kappa shape index (κ3) is 8.72. The van der Waals surface area contributed by atoms with Crippen LogP contribution in [0.5, 0.6) is 0 Å². The topological polar surface area (TPSA) is 41.1 Å². The molecule has 0 saturated heterocycles. The lowest BCUT2D eigenvalue weighted by atomic mass is 9.96. The predicted octanol–water partition coefficient (Wildman–Crippen LogP) is 4.70. The van der Waals surface area contributed by atoms with Gasteiger partial charge in [0.25, 0.3) is 0 Å². The average Bonchev–Trinajstić information content (AvgIpc) is 2.40. The van der Waals surface area contributed by atoms with Gasteiger partial charge in [0.1, 0.15) is 0 Å². The second-order valence-corrected chi connectivity index (χ2v) is 8.04. The van der Waals surface area contributed by atoms with Gasteiger partial charge >= 0.3 is 0 Å². The first kappa shape index (κ1) is 19.4. The van der Waals surface area contributed by atoms with E-state index in [4.69, 9.17) is 12.2 Å². The molecule has 1 aliphatic carbocycles. The molecule has 1 fully saturated rings. The Bertz CT molecular complexity index is 337. The van der Waals surface area contributed by atoms with Gasteiger partial charge in [0, 0.05) is 11.5 Å². The molecular weight excluding hydrogens is 292 g/mol. The van der Waals surface area contributed by atoms with E-state index < -0.39 is 5.41 Å². The van der Waals surface area contributed by atoms with Crippen molar-refractivity contribution in [3.8, 4) is 0 Å². The maximum atomic E-state index is 12.0. The Morgan fingerprint density at radius 2 is 1.27 bits per heavy atom. The number of carbonyl (C=O) groups excluding carboxylic acids is 1. The van der Waals surface area contributed by atoms with Gasteiger partial charge in [-0.2, -0.15) is 0 Å². The molecular formula is C18H34N2OS. The number of hydrogen-bond acceptors (Lipinski definition) is 2. The zero-order valence-electron chi connectivity index (χ0n) is 14.7. The SMILES string of the molecule is CC(C)(C)C(=O)NC(=S)NC1CCCCCCCCCCC1. The van der Waals surface area contributed by atoms with Crippen LogP contribution >= 0.6 is 12.2 Å². The molecule has 3 nitrogen and oxygen atoms in total. The molecule has 0 heterocycles. The van der Waals surface area contributed by atoms with Gasteiger partial charge in [-0.25, -0.2) is 0 Å².